The lowest BCUT2D eigenvalue weighted by Gasteiger charge is -2.31. The Labute approximate surface area is 143 Å². The van der Waals surface area contributed by atoms with Gasteiger partial charge in [0.1, 0.15) is 0 Å². The summed E-state index contributed by atoms with van der Waals surface area (Å²) < 4.78 is 27.9. The number of aryl methyl sites for hydroxylation is 1. The van der Waals surface area contributed by atoms with Crippen LogP contribution in [0.4, 0.5) is 5.69 Å². The largest absolute Gasteiger partial charge is 0.266 e. The fraction of sp³-hybridized carbons (Fsp3) is 0.200. The molecule has 2 aromatic rings. The molecular formula is C15H13ClINO2S. The molecule has 0 aliphatic carbocycles. The highest BCUT2D eigenvalue weighted by Gasteiger charge is 2.34. The lowest BCUT2D eigenvalue weighted by Crippen LogP contribution is -2.34. The van der Waals surface area contributed by atoms with Crippen LogP contribution in [0.15, 0.2) is 35.2 Å². The van der Waals surface area contributed by atoms with Gasteiger partial charge < -0.3 is 0 Å². The van der Waals surface area contributed by atoms with Gasteiger partial charge in [0.15, 0.2) is 0 Å². The van der Waals surface area contributed by atoms with E-state index in [1.54, 1.807) is 12.1 Å². The van der Waals surface area contributed by atoms with Crippen LogP contribution in [-0.4, -0.2) is 15.0 Å². The van der Waals surface area contributed by atoms with Gasteiger partial charge in [-0.2, -0.15) is 0 Å². The summed E-state index contributed by atoms with van der Waals surface area (Å²) in [4.78, 5) is 0.362. The number of nitrogens with zero attached hydrogens (tertiary/aromatic N) is 1. The topological polar surface area (TPSA) is 37.4 Å². The number of hydrogen-bond donors (Lipinski definition) is 0. The van der Waals surface area contributed by atoms with Gasteiger partial charge in [0.05, 0.1) is 15.6 Å². The van der Waals surface area contributed by atoms with Crippen molar-refractivity contribution in [2.24, 2.45) is 0 Å². The molecule has 0 aromatic heterocycles. The first-order chi connectivity index (χ1) is 9.86. The molecule has 0 fully saturated rings. The van der Waals surface area contributed by atoms with Crippen LogP contribution >= 0.6 is 34.2 Å². The van der Waals surface area contributed by atoms with Crippen molar-refractivity contribution in [3.8, 4) is 11.1 Å². The molecule has 3 rings (SSSR count). The Kier molecular flexibility index (Phi) is 3.70. The number of halogens is 2. The van der Waals surface area contributed by atoms with E-state index in [9.17, 15) is 8.42 Å². The SMILES string of the molecule is CCN1c2cc(Cl)c(I)cc2-c2cc(C)ccc2S1(=O)=O. The van der Waals surface area contributed by atoms with Gasteiger partial charge in [0.25, 0.3) is 10.0 Å². The molecule has 0 atom stereocenters. The molecule has 3 nitrogen and oxygen atoms in total. The van der Waals surface area contributed by atoms with E-state index in [1.807, 2.05) is 32.0 Å². The average Bonchev–Trinajstić information content (AvgIpc) is 2.41. The Hall–Kier alpha value is -0.790. The number of hydrogen-bond acceptors (Lipinski definition) is 2. The molecule has 1 aliphatic heterocycles. The molecule has 21 heavy (non-hydrogen) atoms. The molecule has 6 heteroatoms. The van der Waals surface area contributed by atoms with Crippen molar-refractivity contribution >= 4 is 49.9 Å². The highest BCUT2D eigenvalue weighted by atomic mass is 127. The van der Waals surface area contributed by atoms with Gasteiger partial charge in [0, 0.05) is 21.2 Å². The van der Waals surface area contributed by atoms with Crippen LogP contribution in [0, 0.1) is 10.5 Å². The zero-order valence-electron chi connectivity index (χ0n) is 11.5. The number of anilines is 1. The van der Waals surface area contributed by atoms with E-state index < -0.39 is 10.0 Å². The predicted molar refractivity (Wildman–Crippen MR) is 94.5 cm³/mol. The molecule has 0 bridgehead atoms. The molecular weight excluding hydrogens is 421 g/mol. The van der Waals surface area contributed by atoms with Gasteiger partial charge in [-0.1, -0.05) is 23.2 Å². The molecule has 0 saturated heterocycles. The minimum Gasteiger partial charge on any atom is -0.266 e. The van der Waals surface area contributed by atoms with E-state index in [4.69, 9.17) is 11.6 Å². The predicted octanol–water partition coefficient (Wildman–Crippen LogP) is 4.45. The van der Waals surface area contributed by atoms with Crippen molar-refractivity contribution in [1.82, 2.24) is 0 Å². The summed E-state index contributed by atoms with van der Waals surface area (Å²) in [6.45, 7) is 4.16. The third-order valence-electron chi connectivity index (χ3n) is 3.59. The summed E-state index contributed by atoms with van der Waals surface area (Å²) in [6, 6.07) is 9.13. The molecule has 0 spiro atoms. The first-order valence-electron chi connectivity index (χ1n) is 6.49. The standard InChI is InChI=1S/C15H13ClINO2S/c1-3-18-14-8-12(16)13(17)7-10(14)11-6-9(2)4-5-15(11)21(18,19)20/h4-8H,3H2,1-2H3. The highest BCUT2D eigenvalue weighted by Crippen LogP contribution is 2.45. The normalized spacial score (nSPS) is 15.5. The summed E-state index contributed by atoms with van der Waals surface area (Å²) in [5.41, 5.74) is 3.36. The first kappa shape index (κ1) is 15.1. The fourth-order valence-corrected chi connectivity index (χ4v) is 4.93. The van der Waals surface area contributed by atoms with Crippen molar-refractivity contribution < 1.29 is 8.42 Å². The fourth-order valence-electron chi connectivity index (χ4n) is 2.63. The van der Waals surface area contributed by atoms with Crippen molar-refractivity contribution in [2.75, 3.05) is 10.8 Å². The van der Waals surface area contributed by atoms with Crippen LogP contribution in [0.2, 0.25) is 5.02 Å². The zero-order chi connectivity index (χ0) is 15.4. The zero-order valence-corrected chi connectivity index (χ0v) is 15.3. The van der Waals surface area contributed by atoms with E-state index in [0.29, 0.717) is 22.2 Å². The first-order valence-corrected chi connectivity index (χ1v) is 9.38. The number of rotatable bonds is 1. The summed E-state index contributed by atoms with van der Waals surface area (Å²) in [6.07, 6.45) is 0. The Morgan fingerprint density at radius 3 is 2.57 bits per heavy atom. The second kappa shape index (κ2) is 5.14. The third-order valence-corrected chi connectivity index (χ3v) is 7.06. The Balaban J connectivity index is 2.45. The van der Waals surface area contributed by atoms with E-state index in [2.05, 4.69) is 22.6 Å². The lowest BCUT2D eigenvalue weighted by molar-refractivity contribution is 0.591. The summed E-state index contributed by atoms with van der Waals surface area (Å²) in [5.74, 6) is 0. The van der Waals surface area contributed by atoms with Crippen molar-refractivity contribution in [1.29, 1.82) is 0 Å². The van der Waals surface area contributed by atoms with Gasteiger partial charge in [-0.15, -0.1) is 0 Å². The maximum atomic E-state index is 12.8. The van der Waals surface area contributed by atoms with Gasteiger partial charge in [-0.3, -0.25) is 4.31 Å². The maximum absolute atomic E-state index is 12.8. The molecule has 1 aliphatic rings. The van der Waals surface area contributed by atoms with E-state index in [0.717, 1.165) is 20.3 Å². The van der Waals surface area contributed by atoms with E-state index >= 15 is 0 Å². The second-order valence-electron chi connectivity index (χ2n) is 4.95. The average molecular weight is 434 g/mol. The van der Waals surface area contributed by atoms with Crippen LogP contribution in [0.3, 0.4) is 0 Å². The highest BCUT2D eigenvalue weighted by molar-refractivity contribution is 14.1. The Morgan fingerprint density at radius 2 is 1.90 bits per heavy atom. The van der Waals surface area contributed by atoms with Gasteiger partial charge in [-0.05, 0) is 60.7 Å². The molecule has 0 unspecified atom stereocenters. The molecule has 1 heterocycles. The second-order valence-corrected chi connectivity index (χ2v) is 8.35. The molecule has 0 amide bonds. The Bertz CT molecular complexity index is 849. The van der Waals surface area contributed by atoms with Gasteiger partial charge >= 0.3 is 0 Å². The third kappa shape index (κ3) is 2.26. The van der Waals surface area contributed by atoms with Crippen LogP contribution < -0.4 is 4.31 Å². The molecule has 110 valence electrons. The van der Waals surface area contributed by atoms with Crippen molar-refractivity contribution in [3.63, 3.8) is 0 Å². The van der Waals surface area contributed by atoms with Crippen LogP contribution in [-0.2, 0) is 10.0 Å². The molecule has 2 aromatic carbocycles. The van der Waals surface area contributed by atoms with Gasteiger partial charge in [0.2, 0.25) is 0 Å². The monoisotopic (exact) mass is 433 g/mol. The minimum absolute atomic E-state index is 0.362. The number of benzene rings is 2. The van der Waals surface area contributed by atoms with Crippen LogP contribution in [0.25, 0.3) is 11.1 Å². The van der Waals surface area contributed by atoms with Crippen LogP contribution in [0.1, 0.15) is 12.5 Å². The molecule has 0 radical (unpaired) electrons. The quantitative estimate of drug-likeness (QED) is 0.623. The van der Waals surface area contributed by atoms with E-state index in [1.165, 1.54) is 4.31 Å². The molecule has 0 saturated carbocycles. The van der Waals surface area contributed by atoms with Gasteiger partial charge in [-0.25, -0.2) is 8.42 Å². The van der Waals surface area contributed by atoms with Crippen molar-refractivity contribution in [2.45, 2.75) is 18.7 Å². The molecule has 0 N–H and O–H groups in total. The maximum Gasteiger partial charge on any atom is 0.264 e. The summed E-state index contributed by atoms with van der Waals surface area (Å²) in [7, 11) is -3.52. The summed E-state index contributed by atoms with van der Waals surface area (Å²) in [5, 5.41) is 0.569. The Morgan fingerprint density at radius 1 is 1.19 bits per heavy atom. The lowest BCUT2D eigenvalue weighted by atomic mass is 10.0. The number of fused-ring (bicyclic) bond motifs is 3. The van der Waals surface area contributed by atoms with Crippen LogP contribution in [0.5, 0.6) is 0 Å². The summed E-state index contributed by atoms with van der Waals surface area (Å²) >= 11 is 8.36. The van der Waals surface area contributed by atoms with E-state index in [-0.39, 0.29) is 0 Å². The smallest absolute Gasteiger partial charge is 0.264 e. The van der Waals surface area contributed by atoms with Crippen molar-refractivity contribution in [3.05, 3.63) is 44.5 Å². The minimum atomic E-state index is -3.52. The number of sulfonamides is 1.